The number of rotatable bonds is 5. The number of carbonyl (C=O) groups excluding carboxylic acids is 1. The summed E-state index contributed by atoms with van der Waals surface area (Å²) in [5, 5.41) is 12.9. The van der Waals surface area contributed by atoms with Gasteiger partial charge in [-0.1, -0.05) is 36.4 Å². The van der Waals surface area contributed by atoms with Crippen LogP contribution in [0, 0.1) is 12.8 Å². The van der Waals surface area contributed by atoms with Crippen LogP contribution in [0.3, 0.4) is 0 Å². The van der Waals surface area contributed by atoms with Crippen LogP contribution in [0.25, 0.3) is 5.65 Å². The first-order valence-corrected chi connectivity index (χ1v) is 9.06. The van der Waals surface area contributed by atoms with E-state index < -0.39 is 0 Å². The smallest absolute Gasteiger partial charge is 0.226 e. The monoisotopic (exact) mass is 349 g/mol. The van der Waals surface area contributed by atoms with Crippen LogP contribution in [0.5, 0.6) is 0 Å². The third kappa shape index (κ3) is 3.22. The highest BCUT2D eigenvalue weighted by Gasteiger charge is 2.35. The maximum atomic E-state index is 12.7. The molecule has 4 rings (SSSR count). The maximum Gasteiger partial charge on any atom is 0.226 e. The van der Waals surface area contributed by atoms with E-state index in [-0.39, 0.29) is 30.4 Å². The number of aryl methyl sites for hydroxylation is 1. The van der Waals surface area contributed by atoms with Crippen molar-refractivity contribution in [2.24, 2.45) is 5.92 Å². The molecule has 1 atom stereocenters. The summed E-state index contributed by atoms with van der Waals surface area (Å²) in [5.74, 6) is 0.254. The molecule has 1 aliphatic rings. The van der Waals surface area contributed by atoms with Crippen molar-refractivity contribution >= 4 is 11.6 Å². The molecule has 1 aliphatic carbocycles. The van der Waals surface area contributed by atoms with Crippen LogP contribution in [-0.2, 0) is 11.2 Å². The van der Waals surface area contributed by atoms with Gasteiger partial charge in [0.25, 0.3) is 0 Å². The summed E-state index contributed by atoms with van der Waals surface area (Å²) in [6.07, 6.45) is 5.21. The van der Waals surface area contributed by atoms with Crippen molar-refractivity contribution in [3.05, 3.63) is 71.7 Å². The SMILES string of the molecule is Cc1cccn2c(CC(=O)N[C@@H](c3ccccc3)C3CC(O)C3)cnc12. The molecule has 0 radical (unpaired) electrons. The van der Waals surface area contributed by atoms with E-state index in [0.29, 0.717) is 0 Å². The predicted molar refractivity (Wildman–Crippen MR) is 99.7 cm³/mol. The van der Waals surface area contributed by atoms with Crippen molar-refractivity contribution in [1.82, 2.24) is 14.7 Å². The highest BCUT2D eigenvalue weighted by atomic mass is 16.3. The molecule has 1 aromatic carbocycles. The van der Waals surface area contributed by atoms with Crippen molar-refractivity contribution in [2.75, 3.05) is 0 Å². The van der Waals surface area contributed by atoms with E-state index in [2.05, 4.69) is 10.3 Å². The second-order valence-corrected chi connectivity index (χ2v) is 7.15. The molecule has 0 aliphatic heterocycles. The second kappa shape index (κ2) is 6.92. The van der Waals surface area contributed by atoms with Crippen LogP contribution in [0.4, 0.5) is 0 Å². The molecule has 2 N–H and O–H groups in total. The van der Waals surface area contributed by atoms with Crippen LogP contribution in [0.15, 0.2) is 54.9 Å². The summed E-state index contributed by atoms with van der Waals surface area (Å²) in [6.45, 7) is 2.01. The molecule has 0 saturated heterocycles. The van der Waals surface area contributed by atoms with E-state index in [4.69, 9.17) is 0 Å². The van der Waals surface area contributed by atoms with Gasteiger partial charge in [0.2, 0.25) is 5.91 Å². The van der Waals surface area contributed by atoms with Crippen LogP contribution < -0.4 is 5.32 Å². The molecule has 5 nitrogen and oxygen atoms in total. The fourth-order valence-corrected chi connectivity index (χ4v) is 3.76. The summed E-state index contributed by atoms with van der Waals surface area (Å²) in [5.41, 5.74) is 3.94. The van der Waals surface area contributed by atoms with Gasteiger partial charge in [-0.15, -0.1) is 0 Å². The van der Waals surface area contributed by atoms with Gasteiger partial charge >= 0.3 is 0 Å². The fourth-order valence-electron chi connectivity index (χ4n) is 3.76. The number of carbonyl (C=O) groups is 1. The van der Waals surface area contributed by atoms with E-state index in [9.17, 15) is 9.90 Å². The Balaban J connectivity index is 1.52. The maximum absolute atomic E-state index is 12.7. The van der Waals surface area contributed by atoms with Crippen molar-refractivity contribution < 1.29 is 9.90 Å². The van der Waals surface area contributed by atoms with Gasteiger partial charge in [-0.3, -0.25) is 4.79 Å². The number of nitrogens with one attached hydrogen (secondary N) is 1. The molecule has 1 saturated carbocycles. The molecule has 134 valence electrons. The quantitative estimate of drug-likeness (QED) is 0.744. The largest absolute Gasteiger partial charge is 0.393 e. The van der Waals surface area contributed by atoms with E-state index >= 15 is 0 Å². The van der Waals surface area contributed by atoms with Crippen LogP contribution in [0.2, 0.25) is 0 Å². The Hall–Kier alpha value is -2.66. The van der Waals surface area contributed by atoms with Crippen LogP contribution in [-0.4, -0.2) is 26.5 Å². The number of amides is 1. The van der Waals surface area contributed by atoms with Gasteiger partial charge in [0.05, 0.1) is 24.3 Å². The summed E-state index contributed by atoms with van der Waals surface area (Å²) in [6, 6.07) is 13.9. The summed E-state index contributed by atoms with van der Waals surface area (Å²) in [7, 11) is 0. The van der Waals surface area contributed by atoms with Gasteiger partial charge in [0.1, 0.15) is 5.65 Å². The lowest BCUT2D eigenvalue weighted by Gasteiger charge is -2.38. The van der Waals surface area contributed by atoms with E-state index in [1.54, 1.807) is 6.20 Å². The molecule has 1 amide bonds. The lowest BCUT2D eigenvalue weighted by molar-refractivity contribution is -0.122. The van der Waals surface area contributed by atoms with Gasteiger partial charge in [-0.2, -0.15) is 0 Å². The van der Waals surface area contributed by atoms with Gasteiger partial charge in [0.15, 0.2) is 0 Å². The average Bonchev–Trinajstić information content (AvgIpc) is 3.02. The minimum absolute atomic E-state index is 0.0245. The Morgan fingerprint density at radius 3 is 2.77 bits per heavy atom. The minimum atomic E-state index is -0.245. The lowest BCUT2D eigenvalue weighted by atomic mass is 9.75. The van der Waals surface area contributed by atoms with Crippen molar-refractivity contribution in [3.63, 3.8) is 0 Å². The molecule has 0 bridgehead atoms. The zero-order chi connectivity index (χ0) is 18.1. The van der Waals surface area contributed by atoms with Crippen LogP contribution in [0.1, 0.15) is 35.7 Å². The Morgan fingerprint density at radius 1 is 1.27 bits per heavy atom. The molecule has 3 aromatic rings. The van der Waals surface area contributed by atoms with Gasteiger partial charge in [-0.25, -0.2) is 4.98 Å². The standard InChI is InChI=1S/C21H23N3O2/c1-14-6-5-9-24-17(13-22-21(14)24)12-19(26)23-20(16-10-18(25)11-16)15-7-3-2-4-8-15/h2-9,13,16,18,20,25H,10-12H2,1H3,(H,23,26)/t16?,18?,20-/m0/s1. The number of hydrogen-bond acceptors (Lipinski definition) is 3. The number of fused-ring (bicyclic) bond motifs is 1. The second-order valence-electron chi connectivity index (χ2n) is 7.15. The number of imidazole rings is 1. The highest BCUT2D eigenvalue weighted by molar-refractivity contribution is 5.79. The molecule has 2 aromatic heterocycles. The molecule has 26 heavy (non-hydrogen) atoms. The van der Waals surface area contributed by atoms with Crippen molar-refractivity contribution in [1.29, 1.82) is 0 Å². The van der Waals surface area contributed by atoms with Crippen molar-refractivity contribution in [3.8, 4) is 0 Å². The highest BCUT2D eigenvalue weighted by Crippen LogP contribution is 2.38. The number of nitrogens with zero attached hydrogens (tertiary/aromatic N) is 2. The molecule has 0 spiro atoms. The molecular weight excluding hydrogens is 326 g/mol. The molecule has 1 fully saturated rings. The Morgan fingerprint density at radius 2 is 2.04 bits per heavy atom. The zero-order valence-corrected chi connectivity index (χ0v) is 14.8. The third-order valence-electron chi connectivity index (χ3n) is 5.25. The van der Waals surface area contributed by atoms with E-state index in [1.165, 1.54) is 0 Å². The lowest BCUT2D eigenvalue weighted by Crippen LogP contribution is -2.41. The Bertz CT molecular complexity index is 913. The number of hydrogen-bond donors (Lipinski definition) is 2. The number of aromatic nitrogens is 2. The first kappa shape index (κ1) is 16.8. The number of pyridine rings is 1. The summed E-state index contributed by atoms with van der Waals surface area (Å²) < 4.78 is 1.97. The van der Waals surface area contributed by atoms with E-state index in [0.717, 1.165) is 35.3 Å². The summed E-state index contributed by atoms with van der Waals surface area (Å²) >= 11 is 0. The molecule has 2 heterocycles. The number of aliphatic hydroxyl groups excluding tert-OH is 1. The normalized spacial score (nSPS) is 20.5. The van der Waals surface area contributed by atoms with Crippen LogP contribution >= 0.6 is 0 Å². The number of aliphatic hydroxyl groups is 1. The van der Waals surface area contributed by atoms with Gasteiger partial charge in [0, 0.05) is 12.4 Å². The zero-order valence-electron chi connectivity index (χ0n) is 14.8. The average molecular weight is 349 g/mol. The molecular formula is C21H23N3O2. The molecule has 5 heteroatoms. The first-order chi connectivity index (χ1) is 12.6. The summed E-state index contributed by atoms with van der Waals surface area (Å²) in [4.78, 5) is 17.2. The number of benzene rings is 1. The van der Waals surface area contributed by atoms with Gasteiger partial charge < -0.3 is 14.8 Å². The van der Waals surface area contributed by atoms with Crippen molar-refractivity contribution in [2.45, 2.75) is 38.3 Å². The predicted octanol–water partition coefficient (Wildman–Crippen LogP) is 2.81. The Kier molecular flexibility index (Phi) is 4.47. The fraction of sp³-hybridized carbons (Fsp3) is 0.333. The Labute approximate surface area is 152 Å². The minimum Gasteiger partial charge on any atom is -0.393 e. The first-order valence-electron chi connectivity index (χ1n) is 9.06. The van der Waals surface area contributed by atoms with E-state index in [1.807, 2.05) is 60.0 Å². The third-order valence-corrected chi connectivity index (χ3v) is 5.25. The van der Waals surface area contributed by atoms with Gasteiger partial charge in [-0.05, 0) is 42.9 Å². The molecule has 0 unspecified atom stereocenters. The topological polar surface area (TPSA) is 66.6 Å².